The summed E-state index contributed by atoms with van der Waals surface area (Å²) in [4.78, 5) is 9.92. The minimum Gasteiger partial charge on any atom is -0.444 e. The van der Waals surface area contributed by atoms with Gasteiger partial charge in [0.05, 0.1) is 18.3 Å². The number of aryl methyl sites for hydroxylation is 1. The topological polar surface area (TPSA) is 44.5 Å². The van der Waals surface area contributed by atoms with Gasteiger partial charge in [-0.25, -0.2) is 4.98 Å². The second-order valence-electron chi connectivity index (χ2n) is 9.60. The quantitative estimate of drug-likeness (QED) is 0.396. The number of piperazine rings is 1. The summed E-state index contributed by atoms with van der Waals surface area (Å²) in [7, 11) is 0. The van der Waals surface area contributed by atoms with Crippen LogP contribution in [0.5, 0.6) is 0 Å². The molecule has 0 amide bonds. The second-order valence-corrected chi connectivity index (χ2v) is 9.60. The highest BCUT2D eigenvalue weighted by Gasteiger charge is 2.26. The molecule has 5 heteroatoms. The van der Waals surface area contributed by atoms with Crippen LogP contribution in [0.25, 0.3) is 0 Å². The van der Waals surface area contributed by atoms with Gasteiger partial charge in [0.1, 0.15) is 5.76 Å². The highest BCUT2D eigenvalue weighted by molar-refractivity contribution is 5.32. The molecule has 0 saturated carbocycles. The summed E-state index contributed by atoms with van der Waals surface area (Å²) in [5.74, 6) is 2.28. The van der Waals surface area contributed by atoms with Gasteiger partial charge in [0, 0.05) is 45.7 Å². The van der Waals surface area contributed by atoms with Crippen LogP contribution in [0.2, 0.25) is 0 Å². The van der Waals surface area contributed by atoms with E-state index in [2.05, 4.69) is 96.6 Å². The lowest BCUT2D eigenvalue weighted by Gasteiger charge is -2.39. The Kier molecular flexibility index (Phi) is 8.91. The molecule has 2 heterocycles. The van der Waals surface area contributed by atoms with Gasteiger partial charge in [0.2, 0.25) is 0 Å². The molecular formula is C29H40N4O. The van der Waals surface area contributed by atoms with E-state index in [-0.39, 0.29) is 0 Å². The van der Waals surface area contributed by atoms with Crippen molar-refractivity contribution in [1.82, 2.24) is 20.1 Å². The zero-order chi connectivity index (χ0) is 23.8. The van der Waals surface area contributed by atoms with Crippen molar-refractivity contribution in [3.05, 3.63) is 89.1 Å². The number of hydrogen-bond acceptors (Lipinski definition) is 5. The molecule has 1 fully saturated rings. The third kappa shape index (κ3) is 6.35. The summed E-state index contributed by atoms with van der Waals surface area (Å²) >= 11 is 0. The Morgan fingerprint density at radius 1 is 0.912 bits per heavy atom. The fourth-order valence-electron chi connectivity index (χ4n) is 4.88. The van der Waals surface area contributed by atoms with Crippen LogP contribution in [0.4, 0.5) is 0 Å². The molecule has 0 unspecified atom stereocenters. The van der Waals surface area contributed by atoms with Crippen LogP contribution in [0.1, 0.15) is 67.6 Å². The molecule has 1 aliphatic heterocycles. The summed E-state index contributed by atoms with van der Waals surface area (Å²) in [6.07, 6.45) is 1.98. The molecule has 1 saturated heterocycles. The maximum Gasteiger partial charge on any atom is 0.194 e. The molecule has 0 spiro atoms. The van der Waals surface area contributed by atoms with E-state index in [1.54, 1.807) is 0 Å². The molecule has 0 radical (unpaired) electrons. The monoisotopic (exact) mass is 460 g/mol. The molecule has 0 bridgehead atoms. The first-order valence-electron chi connectivity index (χ1n) is 12.9. The minimum absolute atomic E-state index is 0.320. The first kappa shape index (κ1) is 24.6. The summed E-state index contributed by atoms with van der Waals surface area (Å²) < 4.78 is 6.04. The lowest BCUT2D eigenvalue weighted by Crippen LogP contribution is -2.49. The van der Waals surface area contributed by atoms with Crippen LogP contribution in [0, 0.1) is 0 Å². The van der Waals surface area contributed by atoms with Gasteiger partial charge in [-0.2, -0.15) is 0 Å². The Morgan fingerprint density at radius 2 is 1.53 bits per heavy atom. The van der Waals surface area contributed by atoms with Crippen molar-refractivity contribution in [3.63, 3.8) is 0 Å². The minimum atomic E-state index is 0.320. The smallest absolute Gasteiger partial charge is 0.194 e. The molecule has 182 valence electrons. The number of nitrogens with one attached hydrogen (secondary N) is 1. The van der Waals surface area contributed by atoms with Gasteiger partial charge in [-0.1, -0.05) is 81.4 Å². The third-order valence-corrected chi connectivity index (χ3v) is 6.68. The molecular weight excluding hydrogens is 420 g/mol. The molecule has 0 aliphatic carbocycles. The Balaban J connectivity index is 1.28. The number of benzene rings is 2. The van der Waals surface area contributed by atoms with Gasteiger partial charge in [0.15, 0.2) is 5.89 Å². The van der Waals surface area contributed by atoms with Crippen LogP contribution in [-0.2, 0) is 13.0 Å². The van der Waals surface area contributed by atoms with Gasteiger partial charge in [0.25, 0.3) is 0 Å². The largest absolute Gasteiger partial charge is 0.444 e. The van der Waals surface area contributed by atoms with Crippen molar-refractivity contribution >= 4 is 0 Å². The van der Waals surface area contributed by atoms with Crippen molar-refractivity contribution in [2.45, 2.75) is 52.1 Å². The van der Waals surface area contributed by atoms with E-state index in [9.17, 15) is 0 Å². The van der Waals surface area contributed by atoms with Crippen molar-refractivity contribution in [2.24, 2.45) is 0 Å². The van der Waals surface area contributed by atoms with Gasteiger partial charge in [-0.05, 0) is 23.5 Å². The van der Waals surface area contributed by atoms with Gasteiger partial charge in [-0.15, -0.1) is 0 Å². The molecule has 2 aromatic carbocycles. The highest BCUT2D eigenvalue weighted by atomic mass is 16.4. The maximum atomic E-state index is 6.04. The molecule has 4 rings (SSSR count). The van der Waals surface area contributed by atoms with E-state index in [0.717, 1.165) is 76.0 Å². The predicted molar refractivity (Wildman–Crippen MR) is 139 cm³/mol. The molecule has 0 atom stereocenters. The van der Waals surface area contributed by atoms with Crippen molar-refractivity contribution in [3.8, 4) is 0 Å². The van der Waals surface area contributed by atoms with E-state index < -0.39 is 0 Å². The van der Waals surface area contributed by atoms with E-state index >= 15 is 0 Å². The fraction of sp³-hybridized carbons (Fsp3) is 0.483. The molecule has 5 nitrogen and oxygen atoms in total. The van der Waals surface area contributed by atoms with E-state index in [0.29, 0.717) is 12.0 Å². The number of oxazole rings is 1. The molecule has 34 heavy (non-hydrogen) atoms. The Bertz CT molecular complexity index is 938. The Hall–Kier alpha value is -2.47. The van der Waals surface area contributed by atoms with Crippen molar-refractivity contribution < 1.29 is 4.42 Å². The SMILES string of the molecule is CCCc1nc(C(C)C)c(CNCCN2CCN(C(c3ccccc3)c3ccccc3)CC2)o1. The third-order valence-electron chi connectivity index (χ3n) is 6.68. The second kappa shape index (κ2) is 12.3. The molecule has 1 N–H and O–H groups in total. The van der Waals surface area contributed by atoms with Crippen LogP contribution in [0.15, 0.2) is 65.1 Å². The number of aromatic nitrogens is 1. The first-order valence-corrected chi connectivity index (χ1v) is 12.9. The lowest BCUT2D eigenvalue weighted by atomic mass is 9.96. The van der Waals surface area contributed by atoms with Crippen LogP contribution >= 0.6 is 0 Å². The van der Waals surface area contributed by atoms with Crippen LogP contribution < -0.4 is 5.32 Å². The zero-order valence-electron chi connectivity index (χ0n) is 21.0. The van der Waals surface area contributed by atoms with E-state index in [1.807, 2.05) is 0 Å². The zero-order valence-corrected chi connectivity index (χ0v) is 21.0. The summed E-state index contributed by atoms with van der Waals surface area (Å²) in [6.45, 7) is 13.7. The summed E-state index contributed by atoms with van der Waals surface area (Å²) in [6, 6.07) is 22.2. The van der Waals surface area contributed by atoms with Gasteiger partial charge < -0.3 is 9.73 Å². The fourth-order valence-corrected chi connectivity index (χ4v) is 4.88. The van der Waals surface area contributed by atoms with Gasteiger partial charge >= 0.3 is 0 Å². The number of hydrogen-bond donors (Lipinski definition) is 1. The average molecular weight is 461 g/mol. The Morgan fingerprint density at radius 3 is 2.09 bits per heavy atom. The standard InChI is InChI=1S/C29H40N4O/c1-4-11-27-31-28(23(2)3)26(34-27)22-30-16-17-32-18-20-33(21-19-32)29(24-12-7-5-8-13-24)25-14-9-6-10-15-25/h5-10,12-15,23,29-30H,4,11,16-22H2,1-3H3. The van der Waals surface area contributed by atoms with Crippen molar-refractivity contribution in [2.75, 3.05) is 39.3 Å². The van der Waals surface area contributed by atoms with Crippen molar-refractivity contribution in [1.29, 1.82) is 0 Å². The van der Waals surface area contributed by atoms with Gasteiger partial charge in [-0.3, -0.25) is 9.80 Å². The first-order chi connectivity index (χ1) is 16.7. The van der Waals surface area contributed by atoms with Crippen LogP contribution in [0.3, 0.4) is 0 Å². The van der Waals surface area contributed by atoms with Crippen LogP contribution in [-0.4, -0.2) is 54.1 Å². The Labute approximate surface area is 205 Å². The predicted octanol–water partition coefficient (Wildman–Crippen LogP) is 5.25. The highest BCUT2D eigenvalue weighted by Crippen LogP contribution is 2.29. The van der Waals surface area contributed by atoms with E-state index in [4.69, 9.17) is 9.40 Å². The maximum absolute atomic E-state index is 6.04. The normalized spacial score (nSPS) is 15.4. The number of nitrogens with zero attached hydrogens (tertiary/aromatic N) is 3. The average Bonchev–Trinajstić information content (AvgIpc) is 3.27. The lowest BCUT2D eigenvalue weighted by molar-refractivity contribution is 0.110. The summed E-state index contributed by atoms with van der Waals surface area (Å²) in [5.41, 5.74) is 3.86. The number of rotatable bonds is 11. The molecule has 3 aromatic rings. The van der Waals surface area contributed by atoms with E-state index in [1.165, 1.54) is 11.1 Å². The summed E-state index contributed by atoms with van der Waals surface area (Å²) in [5, 5.41) is 3.60. The molecule has 1 aliphatic rings. The molecule has 1 aromatic heterocycles.